The summed E-state index contributed by atoms with van der Waals surface area (Å²) in [5, 5.41) is 46.7. The molecule has 0 radical (unpaired) electrons. The van der Waals surface area contributed by atoms with Gasteiger partial charge in [-0.05, 0) is 0 Å². The highest BCUT2D eigenvalue weighted by molar-refractivity contribution is 4.93. The van der Waals surface area contributed by atoms with Gasteiger partial charge in [-0.15, -0.1) is 0 Å². The monoisotopic (exact) mass is 223 g/mol. The van der Waals surface area contributed by atoms with Crippen molar-refractivity contribution in [1.82, 2.24) is 0 Å². The van der Waals surface area contributed by atoms with Crippen molar-refractivity contribution in [3.05, 3.63) is 10.1 Å². The minimum absolute atomic E-state index is 0.653. The van der Waals surface area contributed by atoms with Gasteiger partial charge in [0.1, 0.15) is 24.4 Å². The molecule has 0 aromatic heterocycles. The summed E-state index contributed by atoms with van der Waals surface area (Å²) in [7, 11) is 0. The number of aliphatic hydroxyl groups excluding tert-OH is 4. The summed E-state index contributed by atoms with van der Waals surface area (Å²) in [6.45, 7) is -1.31. The van der Waals surface area contributed by atoms with E-state index in [9.17, 15) is 25.4 Å². The largest absolute Gasteiger partial charge is 0.394 e. The van der Waals surface area contributed by atoms with Gasteiger partial charge in [0.2, 0.25) is 6.54 Å². The highest BCUT2D eigenvalue weighted by Crippen LogP contribution is 2.23. The van der Waals surface area contributed by atoms with E-state index in [-0.39, 0.29) is 0 Å². The lowest BCUT2D eigenvalue weighted by atomic mass is 10.0. The summed E-state index contributed by atoms with van der Waals surface area (Å²) < 4.78 is 4.90. The molecule has 0 spiro atoms. The Hall–Kier alpha value is -0.800. The maximum Gasteiger partial charge on any atom is 0.232 e. The summed E-state index contributed by atoms with van der Waals surface area (Å²) in [5.41, 5.74) is 0. The van der Waals surface area contributed by atoms with E-state index in [4.69, 9.17) is 9.84 Å². The van der Waals surface area contributed by atoms with Crippen LogP contribution in [0.3, 0.4) is 0 Å². The quantitative estimate of drug-likeness (QED) is 0.297. The Morgan fingerprint density at radius 3 is 2.47 bits per heavy atom. The third-order valence-corrected chi connectivity index (χ3v) is 2.29. The number of hydrogen-bond acceptors (Lipinski definition) is 7. The molecule has 0 aliphatic carbocycles. The summed E-state index contributed by atoms with van der Waals surface area (Å²) in [6.07, 6.45) is -6.60. The molecule has 0 saturated carbocycles. The van der Waals surface area contributed by atoms with Crippen LogP contribution in [0, 0.1) is 10.1 Å². The minimum Gasteiger partial charge on any atom is -0.394 e. The van der Waals surface area contributed by atoms with E-state index < -0.39 is 48.6 Å². The van der Waals surface area contributed by atoms with Gasteiger partial charge in [0.05, 0.1) is 6.61 Å². The Balaban J connectivity index is 2.62. The van der Waals surface area contributed by atoms with Crippen molar-refractivity contribution in [1.29, 1.82) is 0 Å². The fraction of sp³-hybridized carbons (Fsp3) is 1.00. The van der Waals surface area contributed by atoms with Crippen LogP contribution in [0.25, 0.3) is 0 Å². The molecule has 0 bridgehead atoms. The summed E-state index contributed by atoms with van der Waals surface area (Å²) in [6, 6.07) is 0. The number of ether oxygens (including phenoxy) is 1. The molecule has 1 aliphatic rings. The van der Waals surface area contributed by atoms with Crippen LogP contribution < -0.4 is 0 Å². The first-order chi connectivity index (χ1) is 6.97. The van der Waals surface area contributed by atoms with Crippen LogP contribution in [0.4, 0.5) is 0 Å². The second-order valence-corrected chi connectivity index (χ2v) is 3.39. The first-order valence-corrected chi connectivity index (χ1v) is 4.39. The molecule has 0 aromatic carbocycles. The van der Waals surface area contributed by atoms with Gasteiger partial charge in [-0.25, -0.2) is 0 Å². The fourth-order valence-corrected chi connectivity index (χ4v) is 1.50. The molecule has 8 nitrogen and oxygen atoms in total. The minimum atomic E-state index is -1.43. The Morgan fingerprint density at radius 1 is 1.40 bits per heavy atom. The predicted molar refractivity (Wildman–Crippen MR) is 45.6 cm³/mol. The molecule has 8 heteroatoms. The maximum absolute atomic E-state index is 10.2. The normalized spacial score (nSPS) is 37.9. The standard InChI is InChI=1S/C7H13NO7/c9-2-3(10)7-6(12)5(11)4(15-7)1-8(13)14/h3-7,9-12H,1-2H2/t3-,4?,5+,6-,7+/m1/s1. The Bertz CT molecular complexity index is 235. The first kappa shape index (κ1) is 12.3. The molecular formula is C7H13NO7. The zero-order valence-corrected chi connectivity index (χ0v) is 7.76. The second-order valence-electron chi connectivity index (χ2n) is 3.39. The molecule has 15 heavy (non-hydrogen) atoms. The molecule has 1 saturated heterocycles. The summed E-state index contributed by atoms with van der Waals surface area (Å²) >= 11 is 0. The molecule has 1 aliphatic heterocycles. The average Bonchev–Trinajstić information content (AvgIpc) is 2.44. The molecule has 1 unspecified atom stereocenters. The van der Waals surface area contributed by atoms with Crippen LogP contribution in [0.1, 0.15) is 0 Å². The number of aliphatic hydroxyl groups is 4. The van der Waals surface area contributed by atoms with Gasteiger partial charge in [-0.2, -0.15) is 0 Å². The van der Waals surface area contributed by atoms with E-state index in [0.29, 0.717) is 0 Å². The van der Waals surface area contributed by atoms with Gasteiger partial charge < -0.3 is 25.2 Å². The molecule has 0 amide bonds. The summed E-state index contributed by atoms with van der Waals surface area (Å²) in [5.74, 6) is 0. The van der Waals surface area contributed by atoms with Crippen LogP contribution in [0.15, 0.2) is 0 Å². The van der Waals surface area contributed by atoms with Crippen LogP contribution in [0.5, 0.6) is 0 Å². The first-order valence-electron chi connectivity index (χ1n) is 4.39. The van der Waals surface area contributed by atoms with Crippen molar-refractivity contribution in [2.45, 2.75) is 30.5 Å². The molecule has 1 heterocycles. The van der Waals surface area contributed by atoms with Gasteiger partial charge >= 0.3 is 0 Å². The van der Waals surface area contributed by atoms with E-state index in [0.717, 1.165) is 0 Å². The van der Waals surface area contributed by atoms with Gasteiger partial charge in [0.15, 0.2) is 6.10 Å². The lowest BCUT2D eigenvalue weighted by Crippen LogP contribution is -2.40. The Labute approximate surface area is 84.9 Å². The smallest absolute Gasteiger partial charge is 0.232 e. The SMILES string of the molecule is O=[N+]([O-])CC1O[C@@H]([C@H](O)CO)[C@H](O)[C@H]1O. The molecule has 1 rings (SSSR count). The molecular weight excluding hydrogens is 210 g/mol. The number of hydrogen-bond donors (Lipinski definition) is 4. The summed E-state index contributed by atoms with van der Waals surface area (Å²) in [4.78, 5) is 9.49. The topological polar surface area (TPSA) is 133 Å². The average molecular weight is 223 g/mol. The van der Waals surface area contributed by atoms with Crippen LogP contribution >= 0.6 is 0 Å². The van der Waals surface area contributed by atoms with E-state index in [1.807, 2.05) is 0 Å². The highest BCUT2D eigenvalue weighted by Gasteiger charge is 2.47. The number of nitrogens with zero attached hydrogens (tertiary/aromatic N) is 1. The molecule has 5 atom stereocenters. The van der Waals surface area contributed by atoms with E-state index in [1.54, 1.807) is 0 Å². The lowest BCUT2D eigenvalue weighted by molar-refractivity contribution is -0.492. The molecule has 0 aromatic rings. The van der Waals surface area contributed by atoms with Gasteiger partial charge in [0.25, 0.3) is 0 Å². The van der Waals surface area contributed by atoms with Gasteiger partial charge in [-0.1, -0.05) is 0 Å². The maximum atomic E-state index is 10.2. The van der Waals surface area contributed by atoms with Crippen LogP contribution in [-0.2, 0) is 4.74 Å². The van der Waals surface area contributed by atoms with Gasteiger partial charge in [0, 0.05) is 4.92 Å². The second kappa shape index (κ2) is 4.81. The zero-order chi connectivity index (χ0) is 11.6. The van der Waals surface area contributed by atoms with Crippen molar-refractivity contribution in [2.24, 2.45) is 0 Å². The van der Waals surface area contributed by atoms with Crippen molar-refractivity contribution in [3.63, 3.8) is 0 Å². The van der Waals surface area contributed by atoms with Crippen LogP contribution in [0.2, 0.25) is 0 Å². The van der Waals surface area contributed by atoms with E-state index >= 15 is 0 Å². The van der Waals surface area contributed by atoms with Crippen molar-refractivity contribution < 1.29 is 30.1 Å². The Kier molecular flexibility index (Phi) is 3.94. The van der Waals surface area contributed by atoms with Crippen LogP contribution in [-0.4, -0.2) is 69.0 Å². The van der Waals surface area contributed by atoms with Gasteiger partial charge in [-0.3, -0.25) is 10.1 Å². The third-order valence-electron chi connectivity index (χ3n) is 2.29. The molecule has 1 fully saturated rings. The Morgan fingerprint density at radius 2 is 2.00 bits per heavy atom. The van der Waals surface area contributed by atoms with Crippen molar-refractivity contribution in [3.8, 4) is 0 Å². The third kappa shape index (κ3) is 2.61. The fourth-order valence-electron chi connectivity index (χ4n) is 1.50. The zero-order valence-electron chi connectivity index (χ0n) is 7.76. The number of rotatable bonds is 4. The molecule has 4 N–H and O–H groups in total. The lowest BCUT2D eigenvalue weighted by Gasteiger charge is -2.18. The van der Waals surface area contributed by atoms with Crippen molar-refractivity contribution >= 4 is 0 Å². The van der Waals surface area contributed by atoms with E-state index in [2.05, 4.69) is 0 Å². The van der Waals surface area contributed by atoms with E-state index in [1.165, 1.54) is 0 Å². The predicted octanol–water partition coefficient (Wildman–Crippen LogP) is -2.89. The molecule has 88 valence electrons. The van der Waals surface area contributed by atoms with Crippen molar-refractivity contribution in [2.75, 3.05) is 13.2 Å². The highest BCUT2D eigenvalue weighted by atomic mass is 16.6. The number of nitro groups is 1.